The monoisotopic (exact) mass is 376 g/mol. The minimum atomic E-state index is -0.255. The zero-order valence-electron chi connectivity index (χ0n) is 15.4. The summed E-state index contributed by atoms with van der Waals surface area (Å²) >= 11 is 0. The molecule has 0 aliphatic carbocycles. The molecule has 2 heterocycles. The largest absolute Gasteiger partial charge is 0.486 e. The molecule has 2 aromatic carbocycles. The second-order valence-corrected chi connectivity index (χ2v) is 6.44. The summed E-state index contributed by atoms with van der Waals surface area (Å²) in [6, 6.07) is 15.2. The zero-order chi connectivity index (χ0) is 19.3. The van der Waals surface area contributed by atoms with E-state index in [1.54, 1.807) is 6.07 Å². The van der Waals surface area contributed by atoms with Crippen molar-refractivity contribution in [2.45, 2.75) is 13.5 Å². The van der Waals surface area contributed by atoms with Crippen molar-refractivity contribution in [3.63, 3.8) is 0 Å². The summed E-state index contributed by atoms with van der Waals surface area (Å²) in [5.74, 6) is 1.67. The summed E-state index contributed by atoms with van der Waals surface area (Å²) in [4.78, 5) is 20.7. The number of rotatable bonds is 5. The Labute approximate surface area is 162 Å². The van der Waals surface area contributed by atoms with Crippen LogP contribution in [0.5, 0.6) is 11.5 Å². The minimum absolute atomic E-state index is 0.255. The third-order valence-electron chi connectivity index (χ3n) is 4.25. The van der Waals surface area contributed by atoms with Crippen LogP contribution in [0.4, 0.5) is 11.5 Å². The molecule has 0 fully saturated rings. The lowest BCUT2D eigenvalue weighted by Gasteiger charge is -2.19. The fourth-order valence-corrected chi connectivity index (χ4v) is 2.91. The molecule has 0 unspecified atom stereocenters. The number of carbonyl (C=O) groups excluding carboxylic acids is 1. The van der Waals surface area contributed by atoms with Gasteiger partial charge in [-0.05, 0) is 24.6 Å². The topological polar surface area (TPSA) is 85.4 Å². The van der Waals surface area contributed by atoms with Gasteiger partial charge in [0.15, 0.2) is 11.5 Å². The lowest BCUT2D eigenvalue weighted by Crippen LogP contribution is -2.24. The van der Waals surface area contributed by atoms with Gasteiger partial charge in [-0.3, -0.25) is 4.79 Å². The molecule has 0 atom stereocenters. The average Bonchev–Trinajstić information content (AvgIpc) is 2.72. The zero-order valence-corrected chi connectivity index (χ0v) is 15.4. The van der Waals surface area contributed by atoms with Crippen LogP contribution >= 0.6 is 0 Å². The molecular weight excluding hydrogens is 356 g/mol. The molecule has 0 spiro atoms. The Morgan fingerprint density at radius 1 is 1.04 bits per heavy atom. The van der Waals surface area contributed by atoms with Crippen LogP contribution in [0, 0.1) is 6.92 Å². The molecule has 0 saturated heterocycles. The van der Waals surface area contributed by atoms with E-state index < -0.39 is 0 Å². The van der Waals surface area contributed by atoms with Crippen molar-refractivity contribution < 1.29 is 14.3 Å². The molecule has 28 heavy (non-hydrogen) atoms. The van der Waals surface area contributed by atoms with Gasteiger partial charge in [-0.25, -0.2) is 9.97 Å². The van der Waals surface area contributed by atoms with Crippen molar-refractivity contribution in [1.29, 1.82) is 0 Å². The van der Waals surface area contributed by atoms with E-state index in [0.29, 0.717) is 37.0 Å². The van der Waals surface area contributed by atoms with Crippen molar-refractivity contribution in [2.75, 3.05) is 18.5 Å². The first-order valence-corrected chi connectivity index (χ1v) is 9.00. The third-order valence-corrected chi connectivity index (χ3v) is 4.25. The predicted octanol–water partition coefficient (Wildman–Crippen LogP) is 3.23. The van der Waals surface area contributed by atoms with Gasteiger partial charge in [0, 0.05) is 24.4 Å². The molecule has 7 nitrogen and oxygen atoms in total. The van der Waals surface area contributed by atoms with E-state index in [2.05, 4.69) is 20.6 Å². The molecule has 1 aromatic heterocycles. The summed E-state index contributed by atoms with van der Waals surface area (Å²) in [6.07, 6.45) is 1.36. The molecule has 0 bridgehead atoms. The Bertz CT molecular complexity index is 1010. The van der Waals surface area contributed by atoms with Crippen LogP contribution in [0.15, 0.2) is 54.9 Å². The second-order valence-electron chi connectivity index (χ2n) is 6.44. The van der Waals surface area contributed by atoms with Gasteiger partial charge < -0.3 is 20.1 Å². The molecule has 0 saturated carbocycles. The molecule has 7 heteroatoms. The highest BCUT2D eigenvalue weighted by molar-refractivity contribution is 5.92. The molecule has 2 N–H and O–H groups in total. The molecule has 3 aromatic rings. The summed E-state index contributed by atoms with van der Waals surface area (Å²) in [5.41, 5.74) is 3.27. The second kappa shape index (κ2) is 7.96. The molecule has 1 aliphatic rings. The van der Waals surface area contributed by atoms with Crippen LogP contribution in [0.3, 0.4) is 0 Å². The van der Waals surface area contributed by atoms with Crippen molar-refractivity contribution in [1.82, 2.24) is 15.3 Å². The van der Waals surface area contributed by atoms with E-state index >= 15 is 0 Å². The van der Waals surface area contributed by atoms with Crippen LogP contribution in [0.25, 0.3) is 0 Å². The van der Waals surface area contributed by atoms with E-state index in [1.165, 1.54) is 6.33 Å². The number of nitrogens with one attached hydrogen (secondary N) is 2. The number of amides is 1. The van der Waals surface area contributed by atoms with Crippen LogP contribution in [0.1, 0.15) is 21.6 Å². The first-order valence-electron chi connectivity index (χ1n) is 9.00. The maximum Gasteiger partial charge on any atom is 0.270 e. The summed E-state index contributed by atoms with van der Waals surface area (Å²) in [5, 5.41) is 6.04. The number of ether oxygens (including phenoxy) is 2. The van der Waals surface area contributed by atoms with Crippen LogP contribution < -0.4 is 20.1 Å². The Morgan fingerprint density at radius 2 is 1.89 bits per heavy atom. The molecule has 4 rings (SSSR count). The van der Waals surface area contributed by atoms with Gasteiger partial charge in [-0.15, -0.1) is 0 Å². The predicted molar refractivity (Wildman–Crippen MR) is 105 cm³/mol. The quantitative estimate of drug-likeness (QED) is 0.711. The number of hydrogen-bond acceptors (Lipinski definition) is 6. The van der Waals surface area contributed by atoms with Gasteiger partial charge in [0.2, 0.25) is 0 Å². The summed E-state index contributed by atoms with van der Waals surface area (Å²) < 4.78 is 11.1. The Kier molecular flexibility index (Phi) is 5.05. The molecule has 142 valence electrons. The standard InChI is InChI=1S/C21H20N4O3/c1-14-3-2-4-15(9-14)12-22-21(26)17-11-20(24-13-23-17)25-16-5-6-18-19(10-16)28-8-7-27-18/h2-6,9-11,13H,7-8,12H2,1H3,(H,22,26)(H,23,24,25). The number of anilines is 2. The van der Waals surface area contributed by atoms with Crippen LogP contribution in [-0.4, -0.2) is 29.1 Å². The van der Waals surface area contributed by atoms with Gasteiger partial charge in [-0.1, -0.05) is 29.8 Å². The fourth-order valence-electron chi connectivity index (χ4n) is 2.91. The normalized spacial score (nSPS) is 12.3. The lowest BCUT2D eigenvalue weighted by atomic mass is 10.1. The smallest absolute Gasteiger partial charge is 0.270 e. The van der Waals surface area contributed by atoms with Crippen molar-refractivity contribution in [2.24, 2.45) is 0 Å². The summed E-state index contributed by atoms with van der Waals surface area (Å²) in [6.45, 7) is 3.53. The maximum atomic E-state index is 12.4. The highest BCUT2D eigenvalue weighted by atomic mass is 16.6. The highest BCUT2D eigenvalue weighted by Gasteiger charge is 2.13. The van der Waals surface area contributed by atoms with Gasteiger partial charge in [-0.2, -0.15) is 0 Å². The van der Waals surface area contributed by atoms with Gasteiger partial charge in [0.05, 0.1) is 0 Å². The average molecular weight is 376 g/mol. The summed E-state index contributed by atoms with van der Waals surface area (Å²) in [7, 11) is 0. The first kappa shape index (κ1) is 17.8. The van der Waals surface area contributed by atoms with Crippen molar-refractivity contribution >= 4 is 17.4 Å². The highest BCUT2D eigenvalue weighted by Crippen LogP contribution is 2.33. The Morgan fingerprint density at radius 3 is 2.75 bits per heavy atom. The fraction of sp³-hybridized carbons (Fsp3) is 0.190. The van der Waals surface area contributed by atoms with E-state index in [-0.39, 0.29) is 5.91 Å². The Balaban J connectivity index is 1.43. The lowest BCUT2D eigenvalue weighted by molar-refractivity contribution is 0.0946. The molecule has 1 amide bonds. The number of carbonyl (C=O) groups is 1. The number of fused-ring (bicyclic) bond motifs is 1. The van der Waals surface area contributed by atoms with Crippen molar-refractivity contribution in [3.8, 4) is 11.5 Å². The van der Waals surface area contributed by atoms with Crippen LogP contribution in [-0.2, 0) is 6.54 Å². The first-order chi connectivity index (χ1) is 13.7. The number of nitrogens with zero attached hydrogens (tertiary/aromatic N) is 2. The number of hydrogen-bond donors (Lipinski definition) is 2. The van der Waals surface area contributed by atoms with E-state index in [9.17, 15) is 4.79 Å². The molecule has 1 aliphatic heterocycles. The number of aryl methyl sites for hydroxylation is 1. The van der Waals surface area contributed by atoms with Gasteiger partial charge in [0.25, 0.3) is 5.91 Å². The van der Waals surface area contributed by atoms with Crippen LogP contribution in [0.2, 0.25) is 0 Å². The Hall–Kier alpha value is -3.61. The number of benzene rings is 2. The SMILES string of the molecule is Cc1cccc(CNC(=O)c2cc(Nc3ccc4c(c3)OCCO4)ncn2)c1. The van der Waals surface area contributed by atoms with E-state index in [4.69, 9.17) is 9.47 Å². The number of aromatic nitrogens is 2. The van der Waals surface area contributed by atoms with E-state index in [0.717, 1.165) is 22.6 Å². The maximum absolute atomic E-state index is 12.4. The van der Waals surface area contributed by atoms with Gasteiger partial charge >= 0.3 is 0 Å². The molecular formula is C21H20N4O3. The van der Waals surface area contributed by atoms with Crippen molar-refractivity contribution in [3.05, 3.63) is 71.7 Å². The molecule has 0 radical (unpaired) electrons. The third kappa shape index (κ3) is 4.20. The van der Waals surface area contributed by atoms with E-state index in [1.807, 2.05) is 49.4 Å². The van der Waals surface area contributed by atoms with Gasteiger partial charge in [0.1, 0.15) is 31.1 Å². The minimum Gasteiger partial charge on any atom is -0.486 e.